The van der Waals surface area contributed by atoms with E-state index in [1.165, 1.54) is 11.1 Å². The van der Waals surface area contributed by atoms with Crippen molar-refractivity contribution >= 4 is 29.2 Å². The Morgan fingerprint density at radius 1 is 1.53 bits per heavy atom. The highest BCUT2D eigenvalue weighted by Gasteiger charge is 2.18. The number of nitrogens with one attached hydrogen (secondary N) is 2. The van der Waals surface area contributed by atoms with Crippen LogP contribution in [0.1, 0.15) is 17.2 Å². The summed E-state index contributed by atoms with van der Waals surface area (Å²) in [6.45, 7) is 1.84. The van der Waals surface area contributed by atoms with Crippen molar-refractivity contribution in [2.75, 3.05) is 13.1 Å². The van der Waals surface area contributed by atoms with Gasteiger partial charge in [-0.05, 0) is 24.1 Å². The molecule has 0 amide bonds. The average molecular weight is 238 g/mol. The molecule has 1 aliphatic heterocycles. The minimum absolute atomic E-state index is 0.347. The summed E-state index contributed by atoms with van der Waals surface area (Å²) < 4.78 is 0.555. The maximum absolute atomic E-state index is 4.89. The van der Waals surface area contributed by atoms with Crippen molar-refractivity contribution in [1.82, 2.24) is 10.6 Å². The monoisotopic (exact) mass is 238 g/mol. The minimum atomic E-state index is 0.347. The SMILES string of the molecule is S=C(S)NCC1NCCc2ccccc21. The predicted octanol–water partition coefficient (Wildman–Crippen LogP) is 1.68. The maximum Gasteiger partial charge on any atom is 0.130 e. The average Bonchev–Trinajstić information content (AvgIpc) is 2.26. The second-order valence-corrected chi connectivity index (χ2v) is 4.80. The van der Waals surface area contributed by atoms with Crippen LogP contribution in [0.3, 0.4) is 0 Å². The van der Waals surface area contributed by atoms with Crippen molar-refractivity contribution < 1.29 is 0 Å². The molecule has 15 heavy (non-hydrogen) atoms. The third kappa shape index (κ3) is 2.71. The first-order valence-electron chi connectivity index (χ1n) is 5.05. The Kier molecular flexibility index (Phi) is 3.61. The maximum atomic E-state index is 4.89. The van der Waals surface area contributed by atoms with E-state index in [9.17, 15) is 0 Å². The molecular formula is C11H14N2S2. The van der Waals surface area contributed by atoms with E-state index < -0.39 is 0 Å². The Morgan fingerprint density at radius 3 is 3.13 bits per heavy atom. The van der Waals surface area contributed by atoms with Gasteiger partial charge in [0, 0.05) is 12.6 Å². The van der Waals surface area contributed by atoms with Crippen LogP contribution in [0.2, 0.25) is 0 Å². The van der Waals surface area contributed by atoms with E-state index in [0.29, 0.717) is 10.4 Å². The van der Waals surface area contributed by atoms with E-state index in [1.54, 1.807) is 0 Å². The van der Waals surface area contributed by atoms with Crippen LogP contribution in [0.25, 0.3) is 0 Å². The van der Waals surface area contributed by atoms with Crippen LogP contribution < -0.4 is 10.6 Å². The zero-order chi connectivity index (χ0) is 10.7. The molecule has 2 N–H and O–H groups in total. The van der Waals surface area contributed by atoms with Crippen LogP contribution in [0.15, 0.2) is 24.3 Å². The molecule has 0 saturated heterocycles. The fourth-order valence-corrected chi connectivity index (χ4v) is 2.14. The van der Waals surface area contributed by atoms with Gasteiger partial charge in [-0.2, -0.15) is 0 Å². The number of hydrogen-bond acceptors (Lipinski definition) is 2. The number of rotatable bonds is 2. The lowest BCUT2D eigenvalue weighted by Crippen LogP contribution is -2.37. The Morgan fingerprint density at radius 2 is 2.33 bits per heavy atom. The van der Waals surface area contributed by atoms with Crippen LogP contribution in [0, 0.1) is 0 Å². The Bertz CT molecular complexity index is 365. The molecule has 2 rings (SSSR count). The van der Waals surface area contributed by atoms with E-state index in [4.69, 9.17) is 12.2 Å². The van der Waals surface area contributed by atoms with Gasteiger partial charge in [0.25, 0.3) is 0 Å². The molecular weight excluding hydrogens is 224 g/mol. The van der Waals surface area contributed by atoms with Gasteiger partial charge in [-0.1, -0.05) is 36.5 Å². The smallest absolute Gasteiger partial charge is 0.130 e. The van der Waals surface area contributed by atoms with Gasteiger partial charge in [-0.15, -0.1) is 12.6 Å². The Hall–Kier alpha value is -0.580. The lowest BCUT2D eigenvalue weighted by Gasteiger charge is -2.27. The Labute approximate surface area is 101 Å². The molecule has 0 fully saturated rings. The van der Waals surface area contributed by atoms with E-state index in [0.717, 1.165) is 19.5 Å². The molecule has 1 aromatic carbocycles. The van der Waals surface area contributed by atoms with Crippen LogP contribution in [0.4, 0.5) is 0 Å². The van der Waals surface area contributed by atoms with Crippen molar-refractivity contribution in [1.29, 1.82) is 0 Å². The zero-order valence-electron chi connectivity index (χ0n) is 8.36. The minimum Gasteiger partial charge on any atom is -0.369 e. The summed E-state index contributed by atoms with van der Waals surface area (Å²) in [4.78, 5) is 0. The quantitative estimate of drug-likeness (QED) is 0.540. The summed E-state index contributed by atoms with van der Waals surface area (Å²) in [5.74, 6) is 0. The number of thiocarbonyl (C=S) groups is 1. The highest BCUT2D eigenvalue weighted by molar-refractivity contribution is 8.11. The summed E-state index contributed by atoms with van der Waals surface area (Å²) in [5, 5.41) is 6.56. The van der Waals surface area contributed by atoms with Crippen molar-refractivity contribution in [3.8, 4) is 0 Å². The molecule has 1 heterocycles. The molecule has 1 aromatic rings. The molecule has 0 bridgehead atoms. The second kappa shape index (κ2) is 4.96. The van der Waals surface area contributed by atoms with E-state index in [2.05, 4.69) is 47.5 Å². The van der Waals surface area contributed by atoms with Crippen LogP contribution >= 0.6 is 24.8 Å². The summed E-state index contributed by atoms with van der Waals surface area (Å²) in [6.07, 6.45) is 1.11. The number of hydrogen-bond donors (Lipinski definition) is 3. The molecule has 80 valence electrons. The molecule has 1 unspecified atom stereocenters. The second-order valence-electron chi connectivity index (χ2n) is 3.64. The molecule has 0 saturated carbocycles. The third-order valence-electron chi connectivity index (χ3n) is 2.67. The largest absolute Gasteiger partial charge is 0.369 e. The first kappa shape index (κ1) is 10.9. The standard InChI is InChI=1S/C11H14N2S2/c14-11(15)13-7-10-9-4-2-1-3-8(9)5-6-12-10/h1-4,10,12H,5-7H2,(H2,13,14,15). The van der Waals surface area contributed by atoms with Gasteiger partial charge in [0.2, 0.25) is 0 Å². The molecule has 4 heteroatoms. The molecule has 2 nitrogen and oxygen atoms in total. The molecule has 0 spiro atoms. The van der Waals surface area contributed by atoms with Gasteiger partial charge in [-0.25, -0.2) is 0 Å². The van der Waals surface area contributed by atoms with E-state index in [1.807, 2.05) is 0 Å². The van der Waals surface area contributed by atoms with Crippen molar-refractivity contribution in [2.24, 2.45) is 0 Å². The third-order valence-corrected chi connectivity index (χ3v) is 2.98. The van der Waals surface area contributed by atoms with Gasteiger partial charge in [0.1, 0.15) is 4.32 Å². The summed E-state index contributed by atoms with van der Waals surface area (Å²) >= 11 is 8.95. The van der Waals surface area contributed by atoms with Crippen LogP contribution in [-0.2, 0) is 6.42 Å². The first-order valence-corrected chi connectivity index (χ1v) is 5.91. The van der Waals surface area contributed by atoms with Crippen molar-refractivity contribution in [3.63, 3.8) is 0 Å². The van der Waals surface area contributed by atoms with Crippen LogP contribution in [-0.4, -0.2) is 17.4 Å². The topological polar surface area (TPSA) is 24.1 Å². The normalized spacial score (nSPS) is 19.4. The molecule has 1 atom stereocenters. The fourth-order valence-electron chi connectivity index (χ4n) is 1.96. The molecule has 0 radical (unpaired) electrons. The van der Waals surface area contributed by atoms with Crippen molar-refractivity contribution in [3.05, 3.63) is 35.4 Å². The zero-order valence-corrected chi connectivity index (χ0v) is 10.1. The van der Waals surface area contributed by atoms with Gasteiger partial charge < -0.3 is 10.6 Å². The highest BCUT2D eigenvalue weighted by Crippen LogP contribution is 2.21. The summed E-state index contributed by atoms with van der Waals surface area (Å²) in [7, 11) is 0. The van der Waals surface area contributed by atoms with Crippen LogP contribution in [0.5, 0.6) is 0 Å². The lowest BCUT2D eigenvalue weighted by molar-refractivity contribution is 0.499. The van der Waals surface area contributed by atoms with Gasteiger partial charge in [0.15, 0.2) is 0 Å². The summed E-state index contributed by atoms with van der Waals surface area (Å²) in [6, 6.07) is 8.90. The summed E-state index contributed by atoms with van der Waals surface area (Å²) in [5.41, 5.74) is 2.81. The highest BCUT2D eigenvalue weighted by atomic mass is 32.1. The van der Waals surface area contributed by atoms with E-state index >= 15 is 0 Å². The van der Waals surface area contributed by atoms with E-state index in [-0.39, 0.29) is 0 Å². The lowest BCUT2D eigenvalue weighted by atomic mass is 9.94. The number of thiol groups is 1. The predicted molar refractivity (Wildman–Crippen MR) is 70.5 cm³/mol. The first-order chi connectivity index (χ1) is 7.27. The van der Waals surface area contributed by atoms with Crippen molar-refractivity contribution in [2.45, 2.75) is 12.5 Å². The van der Waals surface area contributed by atoms with Gasteiger partial charge in [0.05, 0.1) is 0 Å². The number of benzene rings is 1. The molecule has 0 aliphatic carbocycles. The molecule has 0 aromatic heterocycles. The number of fused-ring (bicyclic) bond motifs is 1. The van der Waals surface area contributed by atoms with Gasteiger partial charge in [-0.3, -0.25) is 0 Å². The fraction of sp³-hybridized carbons (Fsp3) is 0.364. The van der Waals surface area contributed by atoms with Gasteiger partial charge >= 0.3 is 0 Å². The Balaban J connectivity index is 2.11. The molecule has 1 aliphatic rings.